The van der Waals surface area contributed by atoms with Crippen LogP contribution < -0.4 is 10.2 Å². The Kier molecular flexibility index (Phi) is 4.50. The van der Waals surface area contributed by atoms with Gasteiger partial charge in [0.15, 0.2) is 0 Å². The van der Waals surface area contributed by atoms with Crippen LogP contribution in [0.1, 0.15) is 6.92 Å². The van der Waals surface area contributed by atoms with Crippen LogP contribution >= 0.6 is 0 Å². The third-order valence-electron chi connectivity index (χ3n) is 2.80. The average molecular weight is 255 g/mol. The average Bonchev–Trinajstić information content (AvgIpc) is 2.47. The van der Waals surface area contributed by atoms with E-state index < -0.39 is 0 Å². The summed E-state index contributed by atoms with van der Waals surface area (Å²) in [6.45, 7) is 3.16. The molecule has 0 saturated carbocycles. The Morgan fingerprint density at radius 3 is 2.47 bits per heavy atom. The van der Waals surface area contributed by atoms with Gasteiger partial charge in [-0.15, -0.1) is 0 Å². The van der Waals surface area contributed by atoms with E-state index in [-0.39, 0.29) is 5.91 Å². The van der Waals surface area contributed by atoms with Crippen molar-refractivity contribution in [3.05, 3.63) is 54.9 Å². The Morgan fingerprint density at radius 1 is 1.16 bits per heavy atom. The van der Waals surface area contributed by atoms with Crippen molar-refractivity contribution in [2.24, 2.45) is 0 Å². The fraction of sp³-hybridized carbons (Fsp3) is 0.200. The number of nitrogens with one attached hydrogen (secondary N) is 1. The zero-order valence-corrected chi connectivity index (χ0v) is 10.9. The molecule has 1 aromatic carbocycles. The number of carbonyl (C=O) groups is 1. The van der Waals surface area contributed by atoms with Crippen molar-refractivity contribution in [2.45, 2.75) is 6.92 Å². The number of likely N-dealkylation sites (N-methyl/N-ethyl adjacent to an activating group) is 1. The molecule has 1 N–H and O–H groups in total. The number of pyridine rings is 1. The van der Waals surface area contributed by atoms with Gasteiger partial charge in [0.25, 0.3) is 0 Å². The fourth-order valence-corrected chi connectivity index (χ4v) is 1.83. The van der Waals surface area contributed by atoms with Gasteiger partial charge in [0.2, 0.25) is 5.91 Å². The first-order valence-corrected chi connectivity index (χ1v) is 6.29. The lowest BCUT2D eigenvalue weighted by molar-refractivity contribution is -0.115. The van der Waals surface area contributed by atoms with Crippen molar-refractivity contribution in [1.29, 1.82) is 0 Å². The molecule has 0 aliphatic rings. The fourth-order valence-electron chi connectivity index (χ4n) is 1.83. The third-order valence-corrected chi connectivity index (χ3v) is 2.80. The summed E-state index contributed by atoms with van der Waals surface area (Å²) in [4.78, 5) is 17.9. The van der Waals surface area contributed by atoms with Gasteiger partial charge in [-0.25, -0.2) is 0 Å². The molecule has 0 radical (unpaired) electrons. The lowest BCUT2D eigenvalue weighted by Gasteiger charge is -2.22. The first-order chi connectivity index (χ1) is 9.29. The summed E-state index contributed by atoms with van der Waals surface area (Å²) in [6.07, 6.45) is 3.31. The number of aromatic nitrogens is 1. The number of benzene rings is 1. The van der Waals surface area contributed by atoms with Crippen molar-refractivity contribution in [3.8, 4) is 0 Å². The molecule has 0 spiro atoms. The molecule has 1 amide bonds. The van der Waals surface area contributed by atoms with E-state index in [0.29, 0.717) is 6.54 Å². The predicted octanol–water partition coefficient (Wildman–Crippen LogP) is 2.55. The number of rotatable bonds is 5. The maximum absolute atomic E-state index is 12.0. The second-order valence-electron chi connectivity index (χ2n) is 4.13. The summed E-state index contributed by atoms with van der Waals surface area (Å²) in [7, 11) is 0. The number of hydrogen-bond acceptors (Lipinski definition) is 3. The minimum atomic E-state index is -0.0306. The zero-order valence-electron chi connectivity index (χ0n) is 10.9. The highest BCUT2D eigenvalue weighted by molar-refractivity contribution is 5.93. The molecule has 0 fully saturated rings. The van der Waals surface area contributed by atoms with Crippen molar-refractivity contribution >= 4 is 17.3 Å². The van der Waals surface area contributed by atoms with Crippen LogP contribution in [0.15, 0.2) is 54.9 Å². The third kappa shape index (κ3) is 3.81. The zero-order chi connectivity index (χ0) is 13.5. The van der Waals surface area contributed by atoms with Gasteiger partial charge < -0.3 is 10.2 Å². The Bertz CT molecular complexity index is 513. The molecule has 0 bridgehead atoms. The number of anilines is 2. The van der Waals surface area contributed by atoms with Crippen LogP contribution in [0.25, 0.3) is 0 Å². The van der Waals surface area contributed by atoms with Gasteiger partial charge in [-0.05, 0) is 31.2 Å². The summed E-state index contributed by atoms with van der Waals surface area (Å²) in [5.41, 5.74) is 1.82. The highest BCUT2D eigenvalue weighted by Crippen LogP contribution is 2.12. The van der Waals surface area contributed by atoms with E-state index in [1.807, 2.05) is 42.2 Å². The molecule has 19 heavy (non-hydrogen) atoms. The van der Waals surface area contributed by atoms with Crippen LogP contribution in [0.2, 0.25) is 0 Å². The van der Waals surface area contributed by atoms with Gasteiger partial charge in [-0.1, -0.05) is 18.2 Å². The molecule has 98 valence electrons. The second-order valence-corrected chi connectivity index (χ2v) is 4.13. The van der Waals surface area contributed by atoms with Crippen LogP contribution in [-0.4, -0.2) is 24.0 Å². The molecule has 1 aromatic heterocycles. The van der Waals surface area contributed by atoms with E-state index >= 15 is 0 Å². The summed E-state index contributed by atoms with van der Waals surface area (Å²) in [5, 5.41) is 2.86. The second kappa shape index (κ2) is 6.54. The summed E-state index contributed by atoms with van der Waals surface area (Å²) in [5.74, 6) is -0.0306. The van der Waals surface area contributed by atoms with E-state index in [0.717, 1.165) is 17.9 Å². The lowest BCUT2D eigenvalue weighted by Crippen LogP contribution is -2.33. The minimum Gasteiger partial charge on any atom is -0.362 e. The maximum atomic E-state index is 12.0. The number of para-hydroxylation sites is 1. The largest absolute Gasteiger partial charge is 0.362 e. The maximum Gasteiger partial charge on any atom is 0.243 e. The molecular formula is C15H17N3O. The van der Waals surface area contributed by atoms with Gasteiger partial charge >= 0.3 is 0 Å². The monoisotopic (exact) mass is 255 g/mol. The van der Waals surface area contributed by atoms with E-state index in [4.69, 9.17) is 0 Å². The molecule has 0 atom stereocenters. The van der Waals surface area contributed by atoms with E-state index in [1.165, 1.54) is 0 Å². The van der Waals surface area contributed by atoms with Crippen molar-refractivity contribution in [3.63, 3.8) is 0 Å². The normalized spacial score (nSPS) is 9.95. The van der Waals surface area contributed by atoms with Crippen molar-refractivity contribution < 1.29 is 4.79 Å². The van der Waals surface area contributed by atoms with Crippen molar-refractivity contribution in [1.82, 2.24) is 4.98 Å². The quantitative estimate of drug-likeness (QED) is 0.893. The lowest BCUT2D eigenvalue weighted by atomic mass is 10.3. The van der Waals surface area contributed by atoms with Gasteiger partial charge in [0.1, 0.15) is 0 Å². The summed E-state index contributed by atoms with van der Waals surface area (Å²) in [6, 6.07) is 13.5. The van der Waals surface area contributed by atoms with Crippen LogP contribution in [0, 0.1) is 0 Å². The summed E-state index contributed by atoms with van der Waals surface area (Å²) < 4.78 is 0. The van der Waals surface area contributed by atoms with Crippen LogP contribution in [0.3, 0.4) is 0 Å². The highest BCUT2D eigenvalue weighted by Gasteiger charge is 2.09. The molecular weight excluding hydrogens is 238 g/mol. The van der Waals surface area contributed by atoms with E-state index in [1.54, 1.807) is 24.5 Å². The van der Waals surface area contributed by atoms with Gasteiger partial charge in [0.05, 0.1) is 6.54 Å². The molecule has 0 saturated heterocycles. The van der Waals surface area contributed by atoms with Gasteiger partial charge in [-0.2, -0.15) is 0 Å². The standard InChI is InChI=1S/C15H17N3O/c1-2-18(14-6-4-3-5-7-14)12-15(19)17-13-8-10-16-11-9-13/h3-11H,2,12H2,1H3,(H,16,17,19). The number of hydrogen-bond donors (Lipinski definition) is 1. The minimum absolute atomic E-state index is 0.0306. The van der Waals surface area contributed by atoms with Crippen molar-refractivity contribution in [2.75, 3.05) is 23.3 Å². The summed E-state index contributed by atoms with van der Waals surface area (Å²) >= 11 is 0. The Morgan fingerprint density at radius 2 is 1.84 bits per heavy atom. The first kappa shape index (κ1) is 13.1. The van der Waals surface area contributed by atoms with Crippen LogP contribution in [0.4, 0.5) is 11.4 Å². The smallest absolute Gasteiger partial charge is 0.243 e. The molecule has 1 heterocycles. The number of carbonyl (C=O) groups excluding carboxylic acids is 1. The van der Waals surface area contributed by atoms with Gasteiger partial charge in [-0.3, -0.25) is 9.78 Å². The van der Waals surface area contributed by atoms with E-state index in [9.17, 15) is 4.79 Å². The molecule has 2 rings (SSSR count). The number of amides is 1. The SMILES string of the molecule is CCN(CC(=O)Nc1ccncc1)c1ccccc1. The molecule has 0 aliphatic carbocycles. The number of nitrogens with zero attached hydrogens (tertiary/aromatic N) is 2. The molecule has 2 aromatic rings. The Labute approximate surface area is 113 Å². The van der Waals surface area contributed by atoms with Gasteiger partial charge in [0, 0.05) is 30.3 Å². The van der Waals surface area contributed by atoms with E-state index in [2.05, 4.69) is 10.3 Å². The highest BCUT2D eigenvalue weighted by atomic mass is 16.2. The Balaban J connectivity index is 1.97. The molecule has 4 nitrogen and oxygen atoms in total. The first-order valence-electron chi connectivity index (χ1n) is 6.29. The van der Waals surface area contributed by atoms with Crippen LogP contribution in [0.5, 0.6) is 0 Å². The molecule has 4 heteroatoms. The molecule has 0 aliphatic heterocycles. The molecule has 0 unspecified atom stereocenters. The predicted molar refractivity (Wildman–Crippen MR) is 77.2 cm³/mol. The Hall–Kier alpha value is -2.36. The van der Waals surface area contributed by atoms with Crippen LogP contribution in [-0.2, 0) is 4.79 Å². The topological polar surface area (TPSA) is 45.2 Å².